The molecule has 0 bridgehead atoms. The highest BCUT2D eigenvalue weighted by molar-refractivity contribution is 7.11. The molecular formula is C19H33N5S. The van der Waals surface area contributed by atoms with Crippen LogP contribution in [0.15, 0.2) is 36.5 Å². The molecule has 0 fully saturated rings. The number of aryl methyl sites for hydroxylation is 1. The SMILES string of the molecule is C=CCN(CC=C)C(CNC(=NC)NCCc1ncc(C)s1)C(C)C. The Hall–Kier alpha value is -1.66. The Morgan fingerprint density at radius 2 is 2.00 bits per heavy atom. The van der Waals surface area contributed by atoms with Gasteiger partial charge < -0.3 is 10.6 Å². The maximum atomic E-state index is 4.39. The van der Waals surface area contributed by atoms with Crippen LogP contribution in [0.2, 0.25) is 0 Å². The Morgan fingerprint density at radius 3 is 2.48 bits per heavy atom. The van der Waals surface area contributed by atoms with Crippen molar-refractivity contribution in [2.75, 3.05) is 33.2 Å². The molecule has 140 valence electrons. The fourth-order valence-electron chi connectivity index (χ4n) is 2.69. The summed E-state index contributed by atoms with van der Waals surface area (Å²) >= 11 is 1.75. The van der Waals surface area contributed by atoms with Crippen LogP contribution in [0.1, 0.15) is 23.7 Å². The second-order valence-corrected chi connectivity index (χ2v) is 7.66. The number of guanidine groups is 1. The number of hydrogen-bond donors (Lipinski definition) is 2. The van der Waals surface area contributed by atoms with Crippen LogP contribution in [-0.4, -0.2) is 55.1 Å². The van der Waals surface area contributed by atoms with Gasteiger partial charge in [0.25, 0.3) is 0 Å². The molecule has 1 unspecified atom stereocenters. The first-order valence-electron chi connectivity index (χ1n) is 8.83. The van der Waals surface area contributed by atoms with Crippen LogP contribution < -0.4 is 10.6 Å². The van der Waals surface area contributed by atoms with Crippen LogP contribution in [0.3, 0.4) is 0 Å². The van der Waals surface area contributed by atoms with Crippen molar-refractivity contribution in [2.45, 2.75) is 33.2 Å². The van der Waals surface area contributed by atoms with Crippen LogP contribution in [0.4, 0.5) is 0 Å². The van der Waals surface area contributed by atoms with Crippen LogP contribution in [-0.2, 0) is 6.42 Å². The highest BCUT2D eigenvalue weighted by Gasteiger charge is 2.20. The summed E-state index contributed by atoms with van der Waals surface area (Å²) < 4.78 is 0. The average molecular weight is 364 g/mol. The van der Waals surface area contributed by atoms with Gasteiger partial charge in [0, 0.05) is 56.8 Å². The minimum absolute atomic E-state index is 0.385. The lowest BCUT2D eigenvalue weighted by atomic mass is 10.0. The number of aromatic nitrogens is 1. The van der Waals surface area contributed by atoms with E-state index in [-0.39, 0.29) is 0 Å². The first-order chi connectivity index (χ1) is 12.0. The molecule has 0 aliphatic heterocycles. The lowest BCUT2D eigenvalue weighted by molar-refractivity contribution is 0.190. The van der Waals surface area contributed by atoms with Gasteiger partial charge in [-0.2, -0.15) is 0 Å². The summed E-state index contributed by atoms with van der Waals surface area (Å²) in [6, 6.07) is 0.385. The zero-order valence-corrected chi connectivity index (χ0v) is 16.9. The highest BCUT2D eigenvalue weighted by atomic mass is 32.1. The lowest BCUT2D eigenvalue weighted by Gasteiger charge is -2.33. The van der Waals surface area contributed by atoms with E-state index in [1.165, 1.54) is 4.88 Å². The number of rotatable bonds is 11. The molecule has 2 N–H and O–H groups in total. The van der Waals surface area contributed by atoms with Gasteiger partial charge in [-0.15, -0.1) is 24.5 Å². The van der Waals surface area contributed by atoms with Crippen molar-refractivity contribution in [3.05, 3.63) is 41.4 Å². The zero-order chi connectivity index (χ0) is 18.7. The third-order valence-electron chi connectivity index (χ3n) is 3.97. The second kappa shape index (κ2) is 11.8. The van der Waals surface area contributed by atoms with E-state index >= 15 is 0 Å². The number of thiazole rings is 1. The van der Waals surface area contributed by atoms with Gasteiger partial charge in [0.2, 0.25) is 0 Å². The molecule has 25 heavy (non-hydrogen) atoms. The Labute approximate surface area is 157 Å². The summed E-state index contributed by atoms with van der Waals surface area (Å²) in [4.78, 5) is 12.3. The largest absolute Gasteiger partial charge is 0.356 e. The van der Waals surface area contributed by atoms with Crippen molar-refractivity contribution in [3.63, 3.8) is 0 Å². The lowest BCUT2D eigenvalue weighted by Crippen LogP contribution is -2.49. The van der Waals surface area contributed by atoms with Crippen molar-refractivity contribution in [1.82, 2.24) is 20.5 Å². The molecule has 1 aromatic heterocycles. The molecule has 0 aliphatic rings. The average Bonchev–Trinajstić information content (AvgIpc) is 2.98. The zero-order valence-electron chi connectivity index (χ0n) is 16.1. The van der Waals surface area contributed by atoms with Gasteiger partial charge >= 0.3 is 0 Å². The summed E-state index contributed by atoms with van der Waals surface area (Å²) in [6.07, 6.45) is 6.73. The van der Waals surface area contributed by atoms with Crippen LogP contribution in [0, 0.1) is 12.8 Å². The van der Waals surface area contributed by atoms with Gasteiger partial charge in [-0.1, -0.05) is 26.0 Å². The Kier molecular flexibility index (Phi) is 10.1. The Bertz CT molecular complexity index is 540. The van der Waals surface area contributed by atoms with Gasteiger partial charge in [0.1, 0.15) is 0 Å². The summed E-state index contributed by atoms with van der Waals surface area (Å²) in [5.41, 5.74) is 0. The molecule has 6 heteroatoms. The van der Waals surface area contributed by atoms with Gasteiger partial charge in [0.15, 0.2) is 5.96 Å². The smallest absolute Gasteiger partial charge is 0.191 e. The number of aliphatic imine (C=N–C) groups is 1. The molecule has 1 aromatic rings. The van der Waals surface area contributed by atoms with E-state index in [4.69, 9.17) is 0 Å². The highest BCUT2D eigenvalue weighted by Crippen LogP contribution is 2.11. The van der Waals surface area contributed by atoms with Crippen molar-refractivity contribution >= 4 is 17.3 Å². The molecule has 0 saturated carbocycles. The number of nitrogens with zero attached hydrogens (tertiary/aromatic N) is 3. The molecule has 0 spiro atoms. The van der Waals surface area contributed by atoms with Gasteiger partial charge in [-0.05, 0) is 12.8 Å². The van der Waals surface area contributed by atoms with Crippen molar-refractivity contribution in [1.29, 1.82) is 0 Å². The predicted octanol–water partition coefficient (Wildman–Crippen LogP) is 2.86. The maximum Gasteiger partial charge on any atom is 0.191 e. The van der Waals surface area contributed by atoms with Crippen molar-refractivity contribution in [2.24, 2.45) is 10.9 Å². The second-order valence-electron chi connectivity index (χ2n) is 6.34. The first-order valence-corrected chi connectivity index (χ1v) is 9.65. The monoisotopic (exact) mass is 363 g/mol. The van der Waals surface area contributed by atoms with Crippen LogP contribution >= 0.6 is 11.3 Å². The molecule has 5 nitrogen and oxygen atoms in total. The topological polar surface area (TPSA) is 52.5 Å². The quantitative estimate of drug-likeness (QED) is 0.361. The maximum absolute atomic E-state index is 4.39. The Balaban J connectivity index is 2.51. The fourth-order valence-corrected chi connectivity index (χ4v) is 3.48. The van der Waals surface area contributed by atoms with Gasteiger partial charge in [0.05, 0.1) is 5.01 Å². The summed E-state index contributed by atoms with van der Waals surface area (Å²) in [7, 11) is 1.80. The normalized spacial score (nSPS) is 13.1. The van der Waals surface area contributed by atoms with E-state index in [2.05, 4.69) is 59.4 Å². The third-order valence-corrected chi connectivity index (χ3v) is 4.94. The van der Waals surface area contributed by atoms with E-state index in [0.29, 0.717) is 12.0 Å². The molecule has 1 heterocycles. The summed E-state index contributed by atoms with van der Waals surface area (Å²) in [5.74, 6) is 1.35. The van der Waals surface area contributed by atoms with E-state index in [0.717, 1.165) is 43.6 Å². The van der Waals surface area contributed by atoms with E-state index in [1.807, 2.05) is 18.3 Å². The van der Waals surface area contributed by atoms with Crippen molar-refractivity contribution < 1.29 is 0 Å². The van der Waals surface area contributed by atoms with Gasteiger partial charge in [-0.25, -0.2) is 4.98 Å². The van der Waals surface area contributed by atoms with Gasteiger partial charge in [-0.3, -0.25) is 9.89 Å². The minimum atomic E-state index is 0.385. The molecule has 0 radical (unpaired) electrons. The third kappa shape index (κ3) is 7.84. The Morgan fingerprint density at radius 1 is 1.32 bits per heavy atom. The van der Waals surface area contributed by atoms with Crippen molar-refractivity contribution in [3.8, 4) is 0 Å². The standard InChI is InChI=1S/C19H33N5S/c1-7-11-24(12-8-2)17(15(3)4)14-23-19(20-6)21-10-9-18-22-13-16(5)25-18/h7-8,13,15,17H,1-2,9-12,14H2,3-6H3,(H2,20,21,23). The number of nitrogens with one attached hydrogen (secondary N) is 2. The van der Waals surface area contributed by atoms with E-state index in [1.54, 1.807) is 18.4 Å². The molecule has 0 amide bonds. The fraction of sp³-hybridized carbons (Fsp3) is 0.579. The minimum Gasteiger partial charge on any atom is -0.356 e. The molecule has 0 saturated heterocycles. The molecule has 1 atom stereocenters. The molecule has 0 aliphatic carbocycles. The summed E-state index contributed by atoms with van der Waals surface area (Å²) in [5, 5.41) is 7.98. The molecule has 0 aromatic carbocycles. The van der Waals surface area contributed by atoms with Crippen LogP contribution in [0.25, 0.3) is 0 Å². The van der Waals surface area contributed by atoms with E-state index < -0.39 is 0 Å². The van der Waals surface area contributed by atoms with E-state index in [9.17, 15) is 0 Å². The number of hydrogen-bond acceptors (Lipinski definition) is 4. The first kappa shape index (κ1) is 21.4. The summed E-state index contributed by atoms with van der Waals surface area (Å²) in [6.45, 7) is 17.7. The van der Waals surface area contributed by atoms with Crippen LogP contribution in [0.5, 0.6) is 0 Å². The molecular weight excluding hydrogens is 330 g/mol. The molecule has 1 rings (SSSR count). The predicted molar refractivity (Wildman–Crippen MR) is 111 cm³/mol.